The molecule has 3 aromatic rings. The number of nitrogens with one attached hydrogen (secondary N) is 1. The molecule has 0 aliphatic rings. The summed E-state index contributed by atoms with van der Waals surface area (Å²) in [7, 11) is -3.70. The smallest absolute Gasteiger partial charge is 0.261 e. The van der Waals surface area contributed by atoms with Crippen LogP contribution in [0.15, 0.2) is 76.5 Å². The van der Waals surface area contributed by atoms with Gasteiger partial charge in [-0.2, -0.15) is 0 Å². The fourth-order valence-corrected chi connectivity index (χ4v) is 4.71. The van der Waals surface area contributed by atoms with Gasteiger partial charge in [-0.15, -0.1) is 11.8 Å². The number of anilines is 2. The van der Waals surface area contributed by atoms with Gasteiger partial charge in [0, 0.05) is 15.7 Å². The van der Waals surface area contributed by atoms with Crippen LogP contribution in [0.1, 0.15) is 11.1 Å². The van der Waals surface area contributed by atoms with Crippen molar-refractivity contribution in [2.45, 2.75) is 22.5 Å². The summed E-state index contributed by atoms with van der Waals surface area (Å²) in [5, 5.41) is 0.709. The molecule has 140 valence electrons. The van der Waals surface area contributed by atoms with Gasteiger partial charge in [0.15, 0.2) is 0 Å². The van der Waals surface area contributed by atoms with E-state index in [-0.39, 0.29) is 4.90 Å². The van der Waals surface area contributed by atoms with Crippen molar-refractivity contribution < 1.29 is 8.42 Å². The van der Waals surface area contributed by atoms with Gasteiger partial charge in [-0.05, 0) is 48.9 Å². The number of benzene rings is 3. The predicted octanol–water partition coefficient (Wildman–Crippen LogP) is 5.32. The lowest BCUT2D eigenvalue weighted by Crippen LogP contribution is -2.14. The van der Waals surface area contributed by atoms with E-state index in [1.807, 2.05) is 37.3 Å². The maximum absolute atomic E-state index is 12.6. The first-order valence-electron chi connectivity index (χ1n) is 8.20. The summed E-state index contributed by atoms with van der Waals surface area (Å²) < 4.78 is 27.8. The Morgan fingerprint density at radius 3 is 2.44 bits per heavy atom. The monoisotopic (exact) mass is 418 g/mol. The minimum Gasteiger partial charge on any atom is -0.397 e. The Kier molecular flexibility index (Phi) is 5.99. The number of nitrogens with two attached hydrogens (primary N) is 1. The minimum absolute atomic E-state index is 0.196. The van der Waals surface area contributed by atoms with Crippen molar-refractivity contribution in [3.05, 3.63) is 82.9 Å². The Morgan fingerprint density at radius 2 is 1.74 bits per heavy atom. The van der Waals surface area contributed by atoms with Crippen molar-refractivity contribution in [1.29, 1.82) is 0 Å². The lowest BCUT2D eigenvalue weighted by Gasteiger charge is -2.12. The molecule has 0 bridgehead atoms. The van der Waals surface area contributed by atoms with Crippen LogP contribution in [0.4, 0.5) is 11.4 Å². The Balaban J connectivity index is 1.79. The van der Waals surface area contributed by atoms with E-state index in [2.05, 4.69) is 4.72 Å². The number of thioether (sulfide) groups is 1. The minimum atomic E-state index is -3.70. The van der Waals surface area contributed by atoms with Crippen LogP contribution in [-0.2, 0) is 15.8 Å². The van der Waals surface area contributed by atoms with E-state index in [9.17, 15) is 8.42 Å². The molecule has 3 aromatic carbocycles. The highest BCUT2D eigenvalue weighted by atomic mass is 35.5. The molecule has 0 heterocycles. The van der Waals surface area contributed by atoms with Crippen molar-refractivity contribution in [2.75, 3.05) is 10.5 Å². The molecule has 3 rings (SSSR count). The maximum Gasteiger partial charge on any atom is 0.261 e. The molecule has 0 unspecified atom stereocenters. The molecule has 0 fully saturated rings. The molecule has 4 nitrogen and oxygen atoms in total. The van der Waals surface area contributed by atoms with E-state index in [1.165, 1.54) is 0 Å². The average Bonchev–Trinajstić information content (AvgIpc) is 2.63. The number of nitrogen functional groups attached to an aromatic ring is 1. The molecule has 0 aromatic heterocycles. The Morgan fingerprint density at radius 1 is 1.04 bits per heavy atom. The van der Waals surface area contributed by atoms with E-state index in [0.717, 1.165) is 16.0 Å². The molecule has 0 amide bonds. The Bertz CT molecular complexity index is 1050. The van der Waals surface area contributed by atoms with E-state index in [4.69, 9.17) is 17.3 Å². The van der Waals surface area contributed by atoms with Gasteiger partial charge in [0.2, 0.25) is 0 Å². The number of sulfonamides is 1. The van der Waals surface area contributed by atoms with Gasteiger partial charge in [-0.25, -0.2) is 8.42 Å². The highest BCUT2D eigenvalue weighted by molar-refractivity contribution is 7.98. The van der Waals surface area contributed by atoms with Crippen molar-refractivity contribution in [3.8, 4) is 0 Å². The highest BCUT2D eigenvalue weighted by Crippen LogP contribution is 2.31. The molecule has 0 aliphatic heterocycles. The number of rotatable bonds is 6. The lowest BCUT2D eigenvalue weighted by molar-refractivity contribution is 0.601. The average molecular weight is 419 g/mol. The first-order chi connectivity index (χ1) is 12.8. The summed E-state index contributed by atoms with van der Waals surface area (Å²) >= 11 is 7.75. The van der Waals surface area contributed by atoms with Gasteiger partial charge in [-0.3, -0.25) is 4.72 Å². The molecule has 0 saturated carbocycles. The molecule has 27 heavy (non-hydrogen) atoms. The van der Waals surface area contributed by atoms with Gasteiger partial charge in [0.05, 0.1) is 16.3 Å². The van der Waals surface area contributed by atoms with E-state index < -0.39 is 10.0 Å². The molecular formula is C20H19ClN2O2S2. The Hall–Kier alpha value is -2.15. The third-order valence-electron chi connectivity index (χ3n) is 3.95. The summed E-state index contributed by atoms with van der Waals surface area (Å²) in [4.78, 5) is 1.09. The first kappa shape index (κ1) is 19.6. The molecular weight excluding hydrogens is 400 g/mol. The summed E-state index contributed by atoms with van der Waals surface area (Å²) in [6, 6.07) is 19.6. The third kappa shape index (κ3) is 4.97. The van der Waals surface area contributed by atoms with Gasteiger partial charge in [0.1, 0.15) is 0 Å². The van der Waals surface area contributed by atoms with Crippen LogP contribution in [0.25, 0.3) is 0 Å². The van der Waals surface area contributed by atoms with Crippen LogP contribution >= 0.6 is 23.4 Å². The number of hydrogen-bond acceptors (Lipinski definition) is 4. The topological polar surface area (TPSA) is 72.2 Å². The van der Waals surface area contributed by atoms with Crippen LogP contribution in [-0.4, -0.2) is 8.42 Å². The summed E-state index contributed by atoms with van der Waals surface area (Å²) in [6.45, 7) is 1.90. The van der Waals surface area contributed by atoms with Gasteiger partial charge >= 0.3 is 0 Å². The molecule has 0 saturated heterocycles. The second kappa shape index (κ2) is 8.25. The second-order valence-electron chi connectivity index (χ2n) is 6.05. The number of aryl methyl sites for hydroxylation is 1. The molecule has 3 N–H and O–H groups in total. The summed E-state index contributed by atoms with van der Waals surface area (Å²) in [5.74, 6) is 0.674. The standard InChI is InChI=1S/C20H19ClN2O2S2/c1-14-6-9-17(10-7-14)27(24,25)23-20-12-16(8-11-19(20)22)26-13-15-4-2-3-5-18(15)21/h2-12,23H,13,22H2,1H3. The van der Waals surface area contributed by atoms with E-state index in [1.54, 1.807) is 48.2 Å². The lowest BCUT2D eigenvalue weighted by atomic mass is 10.2. The zero-order valence-electron chi connectivity index (χ0n) is 14.6. The van der Waals surface area contributed by atoms with Crippen molar-refractivity contribution in [1.82, 2.24) is 0 Å². The van der Waals surface area contributed by atoms with Crippen molar-refractivity contribution >= 4 is 44.8 Å². The molecule has 0 aliphatic carbocycles. The first-order valence-corrected chi connectivity index (χ1v) is 11.0. The fourth-order valence-electron chi connectivity index (χ4n) is 2.41. The molecule has 0 radical (unpaired) electrons. The van der Waals surface area contributed by atoms with Crippen molar-refractivity contribution in [3.63, 3.8) is 0 Å². The largest absolute Gasteiger partial charge is 0.397 e. The van der Waals surface area contributed by atoms with Crippen LogP contribution in [0.3, 0.4) is 0 Å². The van der Waals surface area contributed by atoms with Crippen LogP contribution in [0, 0.1) is 6.92 Å². The predicted molar refractivity (Wildman–Crippen MR) is 114 cm³/mol. The quantitative estimate of drug-likeness (QED) is 0.419. The summed E-state index contributed by atoms with van der Waals surface area (Å²) in [6.07, 6.45) is 0. The van der Waals surface area contributed by atoms with Gasteiger partial charge < -0.3 is 5.73 Å². The number of hydrogen-bond donors (Lipinski definition) is 2. The van der Waals surface area contributed by atoms with Gasteiger partial charge in [-0.1, -0.05) is 47.5 Å². The molecule has 7 heteroatoms. The van der Waals surface area contributed by atoms with Gasteiger partial charge in [0.25, 0.3) is 10.0 Å². The normalized spacial score (nSPS) is 11.3. The van der Waals surface area contributed by atoms with E-state index in [0.29, 0.717) is 22.2 Å². The Labute approximate surface area is 168 Å². The molecule has 0 spiro atoms. The van der Waals surface area contributed by atoms with Crippen LogP contribution < -0.4 is 10.5 Å². The fraction of sp³-hybridized carbons (Fsp3) is 0.100. The molecule has 0 atom stereocenters. The second-order valence-corrected chi connectivity index (χ2v) is 9.19. The van der Waals surface area contributed by atoms with E-state index >= 15 is 0 Å². The highest BCUT2D eigenvalue weighted by Gasteiger charge is 2.16. The SMILES string of the molecule is Cc1ccc(S(=O)(=O)Nc2cc(SCc3ccccc3Cl)ccc2N)cc1. The van der Waals surface area contributed by atoms with Crippen molar-refractivity contribution in [2.24, 2.45) is 0 Å². The zero-order chi connectivity index (χ0) is 19.4. The summed E-state index contributed by atoms with van der Waals surface area (Å²) in [5.41, 5.74) is 8.71. The zero-order valence-corrected chi connectivity index (χ0v) is 17.0. The van der Waals surface area contributed by atoms with Crippen LogP contribution in [0.2, 0.25) is 5.02 Å². The third-order valence-corrected chi connectivity index (χ3v) is 6.75. The maximum atomic E-state index is 12.6. The van der Waals surface area contributed by atoms with Crippen LogP contribution in [0.5, 0.6) is 0 Å². The number of halogens is 1.